The molecule has 0 fully saturated rings. The van der Waals surface area contributed by atoms with Crippen molar-refractivity contribution in [2.75, 3.05) is 11.9 Å². The lowest BCUT2D eigenvalue weighted by atomic mass is 9.68. The van der Waals surface area contributed by atoms with Crippen LogP contribution < -0.4 is 10.1 Å². The van der Waals surface area contributed by atoms with Crippen LogP contribution in [0.4, 0.5) is 5.69 Å². The Morgan fingerprint density at radius 1 is 1.00 bits per heavy atom. The lowest BCUT2D eigenvalue weighted by molar-refractivity contribution is -0.118. The average Bonchev–Trinajstić information content (AvgIpc) is 2.78. The largest absolute Gasteiger partial charge is 0.494 e. The van der Waals surface area contributed by atoms with Crippen molar-refractivity contribution in [2.24, 2.45) is 5.41 Å². The number of nitrogens with one attached hydrogen (secondary N) is 1. The van der Waals surface area contributed by atoms with E-state index in [4.69, 9.17) is 4.74 Å². The molecule has 2 aliphatic rings. The molecule has 32 heavy (non-hydrogen) atoms. The molecule has 1 heterocycles. The lowest BCUT2D eigenvalue weighted by Crippen LogP contribution is -2.33. The van der Waals surface area contributed by atoms with Gasteiger partial charge in [-0.2, -0.15) is 0 Å². The monoisotopic (exact) mass is 425 g/mol. The number of carbonyl (C=O) groups excluding carboxylic acids is 1. The maximum atomic E-state index is 13.5. The van der Waals surface area contributed by atoms with Gasteiger partial charge in [-0.3, -0.25) is 4.79 Å². The quantitative estimate of drug-likeness (QED) is 0.435. The number of anilines is 1. The fourth-order valence-electron chi connectivity index (χ4n) is 5.18. The zero-order valence-corrected chi connectivity index (χ0v) is 19.2. The maximum Gasteiger partial charge on any atom is 0.162 e. The topological polar surface area (TPSA) is 38.3 Å². The smallest absolute Gasteiger partial charge is 0.162 e. The zero-order chi connectivity index (χ0) is 22.3. The predicted octanol–water partition coefficient (Wildman–Crippen LogP) is 7.33. The van der Waals surface area contributed by atoms with Crippen molar-refractivity contribution in [3.63, 3.8) is 0 Å². The molecular weight excluding hydrogens is 394 g/mol. The molecule has 1 aliphatic heterocycles. The molecule has 1 unspecified atom stereocenters. The van der Waals surface area contributed by atoms with Crippen LogP contribution in [0.1, 0.15) is 63.6 Å². The van der Waals surface area contributed by atoms with Crippen LogP contribution in [-0.2, 0) is 4.79 Å². The van der Waals surface area contributed by atoms with Crippen molar-refractivity contribution >= 4 is 27.8 Å². The minimum Gasteiger partial charge on any atom is -0.494 e. The van der Waals surface area contributed by atoms with Gasteiger partial charge in [-0.05, 0) is 58.4 Å². The summed E-state index contributed by atoms with van der Waals surface area (Å²) in [5, 5.41) is 6.14. The normalized spacial score (nSPS) is 19.3. The molecule has 164 valence electrons. The van der Waals surface area contributed by atoms with Crippen LogP contribution in [0.25, 0.3) is 16.3 Å². The number of ether oxygens (including phenoxy) is 1. The zero-order valence-electron chi connectivity index (χ0n) is 19.2. The second kappa shape index (κ2) is 8.12. The molecule has 3 aromatic carbocycles. The van der Waals surface area contributed by atoms with Gasteiger partial charge < -0.3 is 10.1 Å². The number of rotatable bonds is 5. The molecule has 0 saturated heterocycles. The third-order valence-electron chi connectivity index (χ3n) is 6.72. The van der Waals surface area contributed by atoms with Crippen molar-refractivity contribution in [1.29, 1.82) is 0 Å². The summed E-state index contributed by atoms with van der Waals surface area (Å²) in [6, 6.07) is 20.9. The van der Waals surface area contributed by atoms with Gasteiger partial charge in [0.25, 0.3) is 0 Å². The second-order valence-corrected chi connectivity index (χ2v) is 9.89. The second-order valence-electron chi connectivity index (χ2n) is 9.89. The molecule has 3 nitrogen and oxygen atoms in total. The van der Waals surface area contributed by atoms with Gasteiger partial charge in [0, 0.05) is 23.2 Å². The first kappa shape index (κ1) is 20.8. The molecule has 0 radical (unpaired) electrons. The van der Waals surface area contributed by atoms with E-state index in [2.05, 4.69) is 74.6 Å². The molecule has 0 amide bonds. The highest BCUT2D eigenvalue weighted by Crippen LogP contribution is 2.52. The van der Waals surface area contributed by atoms with Gasteiger partial charge in [0.2, 0.25) is 0 Å². The van der Waals surface area contributed by atoms with Gasteiger partial charge in [-0.25, -0.2) is 0 Å². The van der Waals surface area contributed by atoms with E-state index >= 15 is 0 Å². The summed E-state index contributed by atoms with van der Waals surface area (Å²) in [6.45, 7) is 7.31. The predicted molar refractivity (Wildman–Crippen MR) is 132 cm³/mol. The number of hydrogen-bond donors (Lipinski definition) is 1. The van der Waals surface area contributed by atoms with Crippen LogP contribution in [0.2, 0.25) is 0 Å². The van der Waals surface area contributed by atoms with E-state index in [0.717, 1.165) is 48.4 Å². The molecule has 1 atom stereocenters. The SMILES string of the molecule is CCCCOc1ccc(C2Nc3ccc4ccccc4c3C3=C2C(=O)CC(C)(C)C3)cc1. The molecule has 3 heteroatoms. The van der Waals surface area contributed by atoms with Gasteiger partial charge in [0.15, 0.2) is 5.78 Å². The first-order chi connectivity index (χ1) is 15.5. The number of Topliss-reactive ketones (excluding diaryl/α,β-unsaturated/α-hetero) is 1. The Labute approximate surface area is 190 Å². The van der Waals surface area contributed by atoms with Gasteiger partial charge in [-0.1, -0.05) is 69.7 Å². The Bertz CT molecular complexity index is 1200. The molecule has 0 aromatic heterocycles. The van der Waals surface area contributed by atoms with Crippen LogP contribution >= 0.6 is 0 Å². The van der Waals surface area contributed by atoms with Gasteiger partial charge >= 0.3 is 0 Å². The van der Waals surface area contributed by atoms with E-state index in [0.29, 0.717) is 6.42 Å². The molecule has 3 aromatic rings. The van der Waals surface area contributed by atoms with Crippen LogP contribution in [-0.4, -0.2) is 12.4 Å². The number of allylic oxidation sites excluding steroid dienone is 1. The summed E-state index contributed by atoms with van der Waals surface area (Å²) < 4.78 is 5.85. The fraction of sp³-hybridized carbons (Fsp3) is 0.345. The summed E-state index contributed by atoms with van der Waals surface area (Å²) in [6.07, 6.45) is 3.67. The minimum absolute atomic E-state index is 0.0387. The Kier molecular flexibility index (Phi) is 5.28. The van der Waals surface area contributed by atoms with E-state index in [1.54, 1.807) is 0 Å². The summed E-state index contributed by atoms with van der Waals surface area (Å²) in [4.78, 5) is 13.5. The Hall–Kier alpha value is -3.07. The van der Waals surface area contributed by atoms with Crippen LogP contribution in [0.3, 0.4) is 0 Å². The van der Waals surface area contributed by atoms with Crippen molar-refractivity contribution in [1.82, 2.24) is 0 Å². The van der Waals surface area contributed by atoms with Gasteiger partial charge in [0.1, 0.15) is 5.75 Å². The fourth-order valence-corrected chi connectivity index (χ4v) is 5.18. The van der Waals surface area contributed by atoms with Gasteiger partial charge in [-0.15, -0.1) is 0 Å². The first-order valence-corrected chi connectivity index (χ1v) is 11.7. The standard InChI is InChI=1S/C29H31NO2/c1-4-5-16-32-21-13-10-20(11-14-21)28-27-23(17-29(2,3)18-25(27)31)26-22-9-7-6-8-19(22)12-15-24(26)30-28/h6-15,28,30H,4-5,16-18H2,1-3H3. The minimum atomic E-state index is -0.132. The average molecular weight is 426 g/mol. The van der Waals surface area contributed by atoms with Crippen molar-refractivity contribution in [2.45, 2.75) is 52.5 Å². The molecular formula is C29H31NO2. The Morgan fingerprint density at radius 2 is 1.78 bits per heavy atom. The maximum absolute atomic E-state index is 13.5. The highest BCUT2D eigenvalue weighted by molar-refractivity contribution is 6.12. The molecule has 1 aliphatic carbocycles. The Morgan fingerprint density at radius 3 is 2.56 bits per heavy atom. The lowest BCUT2D eigenvalue weighted by Gasteiger charge is -2.40. The van der Waals surface area contributed by atoms with E-state index in [1.807, 2.05) is 12.1 Å². The molecule has 0 bridgehead atoms. The van der Waals surface area contributed by atoms with Gasteiger partial charge in [0.05, 0.1) is 12.6 Å². The van der Waals surface area contributed by atoms with Crippen molar-refractivity contribution in [3.05, 3.63) is 77.4 Å². The molecule has 0 spiro atoms. The van der Waals surface area contributed by atoms with Crippen LogP contribution in [0.5, 0.6) is 5.75 Å². The van der Waals surface area contributed by atoms with E-state index in [-0.39, 0.29) is 17.2 Å². The van der Waals surface area contributed by atoms with Crippen LogP contribution in [0, 0.1) is 5.41 Å². The van der Waals surface area contributed by atoms with E-state index in [1.165, 1.54) is 21.9 Å². The number of benzene rings is 3. The number of carbonyl (C=O) groups is 1. The summed E-state index contributed by atoms with van der Waals surface area (Å²) >= 11 is 0. The molecule has 5 rings (SSSR count). The summed E-state index contributed by atoms with van der Waals surface area (Å²) in [7, 11) is 0. The number of unbranched alkanes of at least 4 members (excludes halogenated alkanes) is 1. The Balaban J connectivity index is 1.61. The number of fused-ring (bicyclic) bond motifs is 4. The van der Waals surface area contributed by atoms with Crippen LogP contribution in [0.15, 0.2) is 66.2 Å². The van der Waals surface area contributed by atoms with Crippen molar-refractivity contribution < 1.29 is 9.53 Å². The summed E-state index contributed by atoms with van der Waals surface area (Å²) in [5.41, 5.74) is 5.53. The third-order valence-corrected chi connectivity index (χ3v) is 6.72. The van der Waals surface area contributed by atoms with E-state index < -0.39 is 0 Å². The molecule has 0 saturated carbocycles. The molecule has 1 N–H and O–H groups in total. The third kappa shape index (κ3) is 3.70. The van der Waals surface area contributed by atoms with E-state index in [9.17, 15) is 4.79 Å². The van der Waals surface area contributed by atoms with Crippen molar-refractivity contribution in [3.8, 4) is 5.75 Å². The number of hydrogen-bond acceptors (Lipinski definition) is 3. The first-order valence-electron chi connectivity index (χ1n) is 11.7. The summed E-state index contributed by atoms with van der Waals surface area (Å²) in [5.74, 6) is 1.14. The number of ketones is 1. The highest BCUT2D eigenvalue weighted by atomic mass is 16.5. The highest BCUT2D eigenvalue weighted by Gasteiger charge is 2.40.